The maximum absolute atomic E-state index is 12.1. The minimum absolute atomic E-state index is 0.103. The van der Waals surface area contributed by atoms with E-state index in [4.69, 9.17) is 18.9 Å². The van der Waals surface area contributed by atoms with Crippen LogP contribution in [0.2, 0.25) is 0 Å². The van der Waals surface area contributed by atoms with Gasteiger partial charge in [-0.3, -0.25) is 29.8 Å². The summed E-state index contributed by atoms with van der Waals surface area (Å²) in [6.07, 6.45) is 4.88. The molecule has 0 aliphatic carbocycles. The number of nitro groups is 2. The van der Waals surface area contributed by atoms with Crippen molar-refractivity contribution in [2.24, 2.45) is 11.8 Å². The van der Waals surface area contributed by atoms with Crippen molar-refractivity contribution < 1.29 is 38.4 Å². The van der Waals surface area contributed by atoms with E-state index in [9.17, 15) is 29.8 Å². The van der Waals surface area contributed by atoms with Crippen LogP contribution in [0, 0.1) is 32.1 Å². The number of ether oxygens (including phenoxy) is 4. The average Bonchev–Trinajstić information content (AvgIpc) is 3.23. The topological polar surface area (TPSA) is 215 Å². The Hall–Kier alpha value is -6.46. The van der Waals surface area contributed by atoms with Crippen LogP contribution < -0.4 is 19.3 Å². The van der Waals surface area contributed by atoms with Crippen LogP contribution in [0.15, 0.2) is 61.2 Å². The quantitative estimate of drug-likeness (QED) is 0.0961. The molecule has 0 N–H and O–H groups in total. The van der Waals surface area contributed by atoms with Gasteiger partial charge in [0.1, 0.15) is 24.2 Å². The van der Waals surface area contributed by atoms with Gasteiger partial charge in [-0.2, -0.15) is 0 Å². The molecular weight excluding hydrogens is 728 g/mol. The lowest BCUT2D eigenvalue weighted by molar-refractivity contribution is -0.384. The summed E-state index contributed by atoms with van der Waals surface area (Å²) in [5, 5.41) is 23.8. The molecule has 2 aromatic heterocycles. The fourth-order valence-electron chi connectivity index (χ4n) is 6.79. The van der Waals surface area contributed by atoms with E-state index in [2.05, 4.69) is 19.9 Å². The zero-order valence-corrected chi connectivity index (χ0v) is 31.7. The molecule has 0 atom stereocenters. The molecule has 56 heavy (non-hydrogen) atoms. The number of hydrogen-bond acceptors (Lipinski definition) is 16. The lowest BCUT2D eigenvalue weighted by atomic mass is 9.96. The second kappa shape index (κ2) is 19.2. The molecule has 0 saturated carbocycles. The van der Waals surface area contributed by atoms with E-state index in [0.717, 1.165) is 0 Å². The van der Waals surface area contributed by atoms with E-state index in [1.165, 1.54) is 26.9 Å². The maximum atomic E-state index is 12.1. The normalized spacial score (nSPS) is 14.6. The molecule has 296 valence electrons. The van der Waals surface area contributed by atoms with Crippen LogP contribution in [0.3, 0.4) is 0 Å². The largest absolute Gasteiger partial charge is 0.496 e. The number of piperidine rings is 2. The van der Waals surface area contributed by atoms with Crippen LogP contribution in [0.1, 0.15) is 39.5 Å². The Morgan fingerprint density at radius 2 is 1.09 bits per heavy atom. The minimum Gasteiger partial charge on any atom is -0.496 e. The van der Waals surface area contributed by atoms with Crippen LogP contribution in [0.4, 0.5) is 23.0 Å². The lowest BCUT2D eigenvalue weighted by Crippen LogP contribution is -2.37. The number of aromatic nitrogens is 4. The molecule has 2 aliphatic rings. The van der Waals surface area contributed by atoms with Crippen LogP contribution in [-0.2, 0) is 19.1 Å². The average molecular weight is 773 g/mol. The number of esters is 2. The molecule has 0 amide bonds. The van der Waals surface area contributed by atoms with Gasteiger partial charge in [-0.25, -0.2) is 19.9 Å². The van der Waals surface area contributed by atoms with Crippen molar-refractivity contribution in [2.75, 3.05) is 63.4 Å². The summed E-state index contributed by atoms with van der Waals surface area (Å²) in [5.41, 5.74) is 1.15. The molecule has 6 rings (SSSR count). The van der Waals surface area contributed by atoms with Gasteiger partial charge >= 0.3 is 23.3 Å². The molecule has 18 nitrogen and oxygen atoms in total. The van der Waals surface area contributed by atoms with E-state index in [1.807, 2.05) is 23.1 Å². The van der Waals surface area contributed by atoms with Gasteiger partial charge in [-0.15, -0.1) is 0 Å². The van der Waals surface area contributed by atoms with Gasteiger partial charge in [0, 0.05) is 31.7 Å². The fourth-order valence-corrected chi connectivity index (χ4v) is 6.79. The van der Waals surface area contributed by atoms with E-state index >= 15 is 0 Å². The number of hydrogen-bond donors (Lipinski definition) is 0. The number of methoxy groups -OCH3 is 2. The molecule has 0 spiro atoms. The number of nitrogens with zero attached hydrogens (tertiary/aromatic N) is 8. The monoisotopic (exact) mass is 772 g/mol. The highest BCUT2D eigenvalue weighted by molar-refractivity contribution is 5.85. The molecule has 4 aromatic rings. The SMILES string of the molecule is CCOC(=O)C1CCN(c2ncnc(-c3c(OC)cccc3OC)c2[N+](=O)[O-])CC1.CCOC(=O)C1CCN(c2ncnc(-c3ccccc3)c2[N+](=O)[O-])CC1. The van der Waals surface area contributed by atoms with Crippen molar-refractivity contribution in [1.29, 1.82) is 0 Å². The minimum atomic E-state index is -0.492. The third kappa shape index (κ3) is 9.24. The predicted octanol–water partition coefficient (Wildman–Crippen LogP) is 5.68. The van der Waals surface area contributed by atoms with Crippen molar-refractivity contribution >= 4 is 34.9 Å². The van der Waals surface area contributed by atoms with E-state index in [-0.39, 0.29) is 46.7 Å². The summed E-state index contributed by atoms with van der Waals surface area (Å²) in [4.78, 5) is 67.1. The van der Waals surface area contributed by atoms with E-state index in [0.29, 0.717) is 99.2 Å². The molecule has 2 aliphatic heterocycles. The highest BCUT2D eigenvalue weighted by Gasteiger charge is 2.35. The molecule has 0 bridgehead atoms. The summed E-state index contributed by atoms with van der Waals surface area (Å²) in [7, 11) is 2.96. The molecule has 2 saturated heterocycles. The van der Waals surface area contributed by atoms with Crippen LogP contribution in [0.5, 0.6) is 11.5 Å². The zero-order valence-electron chi connectivity index (χ0n) is 31.7. The Bertz CT molecular complexity index is 1980. The van der Waals surface area contributed by atoms with Gasteiger partial charge in [0.2, 0.25) is 11.6 Å². The van der Waals surface area contributed by atoms with Gasteiger partial charge < -0.3 is 28.7 Å². The fraction of sp³-hybridized carbons (Fsp3) is 0.421. The first kappa shape index (κ1) is 40.7. The number of carbonyl (C=O) groups is 2. The summed E-state index contributed by atoms with van der Waals surface area (Å²) >= 11 is 0. The summed E-state index contributed by atoms with van der Waals surface area (Å²) in [5.74, 6) is 0.511. The van der Waals surface area contributed by atoms with Gasteiger partial charge in [0.05, 0.1) is 54.7 Å². The highest BCUT2D eigenvalue weighted by Crippen LogP contribution is 2.44. The Labute approximate surface area is 323 Å². The highest BCUT2D eigenvalue weighted by atomic mass is 16.6. The van der Waals surface area contributed by atoms with Crippen LogP contribution in [0.25, 0.3) is 22.5 Å². The molecule has 2 aromatic carbocycles. The van der Waals surface area contributed by atoms with E-state index in [1.54, 1.807) is 49.1 Å². The Morgan fingerprint density at radius 3 is 1.50 bits per heavy atom. The van der Waals surface area contributed by atoms with Gasteiger partial charge in [-0.1, -0.05) is 36.4 Å². The molecule has 0 radical (unpaired) electrons. The second-order valence-electron chi connectivity index (χ2n) is 12.7. The van der Waals surface area contributed by atoms with Crippen molar-refractivity contribution in [3.8, 4) is 34.0 Å². The zero-order chi connectivity index (χ0) is 40.2. The number of benzene rings is 2. The van der Waals surface area contributed by atoms with E-state index < -0.39 is 9.85 Å². The second-order valence-corrected chi connectivity index (χ2v) is 12.7. The van der Waals surface area contributed by atoms with Gasteiger partial charge in [-0.05, 0) is 51.7 Å². The number of carbonyl (C=O) groups excluding carboxylic acids is 2. The van der Waals surface area contributed by atoms with Crippen molar-refractivity contribution in [2.45, 2.75) is 39.5 Å². The molecule has 4 heterocycles. The van der Waals surface area contributed by atoms with Crippen LogP contribution >= 0.6 is 0 Å². The third-order valence-corrected chi connectivity index (χ3v) is 9.51. The molecular formula is C38H44N8O10. The molecule has 18 heteroatoms. The van der Waals surface area contributed by atoms with Gasteiger partial charge in [0.15, 0.2) is 11.4 Å². The standard InChI is InChI=1S/C20H24N4O6.C18H20N4O4/c1-4-30-20(25)13-8-10-23(11-9-13)19-18(24(26)27)17(21-12-22-19)16-14(28-2)6-5-7-15(16)29-3;1-2-26-18(23)14-8-10-21(11-9-14)17-16(22(24)25)15(19-12-20-17)13-6-4-3-5-7-13/h5-7,12-13H,4,8-11H2,1-3H3;3-7,12,14H,2,8-11H2,1H3. The Kier molecular flexibility index (Phi) is 14.0. The maximum Gasteiger partial charge on any atom is 0.337 e. The Morgan fingerprint density at radius 1 is 0.661 bits per heavy atom. The van der Waals surface area contributed by atoms with Crippen LogP contribution in [-0.4, -0.2) is 95.3 Å². The van der Waals surface area contributed by atoms with Crippen molar-refractivity contribution in [1.82, 2.24) is 19.9 Å². The van der Waals surface area contributed by atoms with Crippen molar-refractivity contribution in [3.63, 3.8) is 0 Å². The summed E-state index contributed by atoms with van der Waals surface area (Å²) in [6, 6.07) is 14.1. The first-order valence-corrected chi connectivity index (χ1v) is 18.2. The molecule has 0 unspecified atom stereocenters. The first-order chi connectivity index (χ1) is 27.1. The molecule has 2 fully saturated rings. The first-order valence-electron chi connectivity index (χ1n) is 18.2. The van der Waals surface area contributed by atoms with Gasteiger partial charge in [0.25, 0.3) is 0 Å². The number of rotatable bonds is 12. The summed E-state index contributed by atoms with van der Waals surface area (Å²) < 4.78 is 21.0. The third-order valence-electron chi connectivity index (χ3n) is 9.51. The van der Waals surface area contributed by atoms with Crippen molar-refractivity contribution in [3.05, 3.63) is 81.4 Å². The summed E-state index contributed by atoms with van der Waals surface area (Å²) in [6.45, 7) is 6.16. The Balaban J connectivity index is 0.000000216. The lowest BCUT2D eigenvalue weighted by Gasteiger charge is -2.31. The smallest absolute Gasteiger partial charge is 0.337 e. The predicted molar refractivity (Wildman–Crippen MR) is 204 cm³/mol. The number of anilines is 2.